The van der Waals surface area contributed by atoms with Crippen molar-refractivity contribution in [3.63, 3.8) is 0 Å². The number of ether oxygens (including phenoxy) is 1. The number of carbonyl (C=O) groups is 4. The van der Waals surface area contributed by atoms with Crippen molar-refractivity contribution in [2.24, 2.45) is 0 Å². The van der Waals surface area contributed by atoms with Gasteiger partial charge < -0.3 is 14.1 Å². The number of nitrogens with zero attached hydrogens (tertiary/aromatic N) is 2. The summed E-state index contributed by atoms with van der Waals surface area (Å²) in [4.78, 5) is 53.6. The second-order valence-corrected chi connectivity index (χ2v) is 8.16. The normalized spacial score (nSPS) is 18.3. The Balaban J connectivity index is 1.56. The molecule has 0 bridgehead atoms. The molecule has 33 heavy (non-hydrogen) atoms. The van der Waals surface area contributed by atoms with Gasteiger partial charge in [0.2, 0.25) is 5.91 Å². The maximum Gasteiger partial charge on any atom is 0.337 e. The predicted molar refractivity (Wildman–Crippen MR) is 120 cm³/mol. The van der Waals surface area contributed by atoms with Gasteiger partial charge in [0.1, 0.15) is 6.04 Å². The highest BCUT2D eigenvalue weighted by Crippen LogP contribution is 2.28. The van der Waals surface area contributed by atoms with Crippen molar-refractivity contribution in [2.75, 3.05) is 18.6 Å². The molecule has 1 aromatic carbocycles. The average molecular weight is 450 g/mol. The van der Waals surface area contributed by atoms with Crippen molar-refractivity contribution in [3.8, 4) is 0 Å². The number of allylic oxidation sites excluding steroid dienone is 1. The second-order valence-electron chi connectivity index (χ2n) is 8.16. The van der Waals surface area contributed by atoms with E-state index >= 15 is 0 Å². The monoisotopic (exact) mass is 450 g/mol. The number of furan rings is 1. The highest BCUT2D eigenvalue weighted by atomic mass is 16.5. The largest absolute Gasteiger partial charge is 0.465 e. The molecule has 3 amide bonds. The summed E-state index contributed by atoms with van der Waals surface area (Å²) >= 11 is 0. The van der Waals surface area contributed by atoms with E-state index in [1.165, 1.54) is 48.1 Å². The number of benzene rings is 1. The Morgan fingerprint density at radius 3 is 2.58 bits per heavy atom. The summed E-state index contributed by atoms with van der Waals surface area (Å²) in [5, 5.41) is 0. The molecule has 1 aromatic heterocycles. The zero-order valence-corrected chi connectivity index (χ0v) is 18.5. The van der Waals surface area contributed by atoms with Gasteiger partial charge in [0.05, 0.1) is 31.0 Å². The van der Waals surface area contributed by atoms with Crippen LogP contribution in [-0.2, 0) is 14.3 Å². The first-order valence-electron chi connectivity index (χ1n) is 11.1. The van der Waals surface area contributed by atoms with Crippen molar-refractivity contribution in [1.82, 2.24) is 4.90 Å². The minimum atomic E-state index is -0.917. The zero-order chi connectivity index (χ0) is 23.4. The number of amides is 3. The first-order chi connectivity index (χ1) is 16.0. The Morgan fingerprint density at radius 2 is 1.94 bits per heavy atom. The third kappa shape index (κ3) is 4.74. The van der Waals surface area contributed by atoms with E-state index in [0.717, 1.165) is 30.6 Å². The van der Waals surface area contributed by atoms with Gasteiger partial charge in [-0.15, -0.1) is 0 Å². The van der Waals surface area contributed by atoms with E-state index in [9.17, 15) is 19.2 Å². The van der Waals surface area contributed by atoms with Crippen LogP contribution in [0.1, 0.15) is 59.4 Å². The highest BCUT2D eigenvalue weighted by Gasteiger charge is 2.44. The number of hydrogen-bond donors (Lipinski definition) is 0. The first-order valence-corrected chi connectivity index (χ1v) is 11.1. The third-order valence-corrected chi connectivity index (χ3v) is 6.10. The van der Waals surface area contributed by atoms with Crippen LogP contribution in [0, 0.1) is 0 Å². The molecule has 2 heterocycles. The summed E-state index contributed by atoms with van der Waals surface area (Å²) in [6.45, 7) is 0.324. The van der Waals surface area contributed by atoms with Crippen LogP contribution in [0.15, 0.2) is 58.7 Å². The van der Waals surface area contributed by atoms with Gasteiger partial charge in [-0.3, -0.25) is 14.4 Å². The summed E-state index contributed by atoms with van der Waals surface area (Å²) in [6, 6.07) is 8.30. The molecule has 8 heteroatoms. The van der Waals surface area contributed by atoms with Gasteiger partial charge in [-0.05, 0) is 68.5 Å². The zero-order valence-electron chi connectivity index (χ0n) is 18.5. The smallest absolute Gasteiger partial charge is 0.337 e. The van der Waals surface area contributed by atoms with Crippen molar-refractivity contribution in [3.05, 3.63) is 65.6 Å². The minimum absolute atomic E-state index is 0.108. The number of methoxy groups -OCH3 is 1. The van der Waals surface area contributed by atoms with E-state index in [2.05, 4.69) is 10.8 Å². The van der Waals surface area contributed by atoms with E-state index in [-0.39, 0.29) is 12.2 Å². The lowest BCUT2D eigenvalue weighted by Gasteiger charge is -2.27. The van der Waals surface area contributed by atoms with Gasteiger partial charge >= 0.3 is 5.97 Å². The number of carbonyl (C=O) groups excluding carboxylic acids is 4. The van der Waals surface area contributed by atoms with Crippen LogP contribution in [0.3, 0.4) is 0 Å². The highest BCUT2D eigenvalue weighted by molar-refractivity contribution is 6.23. The fourth-order valence-corrected chi connectivity index (χ4v) is 4.33. The maximum absolute atomic E-state index is 13.3. The molecular formula is C25H26N2O6. The molecule has 4 rings (SSSR count). The quantitative estimate of drug-likeness (QED) is 0.362. The van der Waals surface area contributed by atoms with Crippen molar-refractivity contribution >= 4 is 29.4 Å². The average Bonchev–Trinajstić information content (AvgIpc) is 3.48. The van der Waals surface area contributed by atoms with Gasteiger partial charge in [0, 0.05) is 6.54 Å². The molecule has 0 saturated carbocycles. The number of rotatable bonds is 7. The molecule has 172 valence electrons. The van der Waals surface area contributed by atoms with Gasteiger partial charge in [-0.25, -0.2) is 9.69 Å². The standard InChI is InChI=1S/C25H26N2O6/c1-32-25(31)18-9-11-19(12-10-18)27-22(28)16-20(23(27)29)26(24(30)21-8-5-15-33-21)14-13-17-6-3-2-4-7-17/h5-6,8-12,15,20H,2-4,7,13-14,16H2,1H3. The van der Waals surface area contributed by atoms with Crippen molar-refractivity contribution < 1.29 is 28.3 Å². The maximum atomic E-state index is 13.3. The molecule has 0 spiro atoms. The van der Waals surface area contributed by atoms with Gasteiger partial charge in [0.25, 0.3) is 11.8 Å². The lowest BCUT2D eigenvalue weighted by molar-refractivity contribution is -0.122. The molecule has 2 aliphatic rings. The van der Waals surface area contributed by atoms with Crippen LogP contribution in [0.25, 0.3) is 0 Å². The summed E-state index contributed by atoms with van der Waals surface area (Å²) in [6.07, 6.45) is 8.45. The van der Waals surface area contributed by atoms with E-state index in [1.54, 1.807) is 12.1 Å². The molecule has 2 aromatic rings. The van der Waals surface area contributed by atoms with Crippen molar-refractivity contribution in [1.29, 1.82) is 0 Å². The fourth-order valence-electron chi connectivity index (χ4n) is 4.33. The molecule has 1 unspecified atom stereocenters. The van der Waals surface area contributed by atoms with E-state index in [4.69, 9.17) is 4.42 Å². The molecule has 1 aliphatic carbocycles. The Kier molecular flexibility index (Phi) is 6.72. The lowest BCUT2D eigenvalue weighted by Crippen LogP contribution is -2.46. The number of imide groups is 1. The van der Waals surface area contributed by atoms with E-state index in [0.29, 0.717) is 24.2 Å². The van der Waals surface area contributed by atoms with E-state index in [1.807, 2.05) is 0 Å². The van der Waals surface area contributed by atoms with Crippen LogP contribution in [-0.4, -0.2) is 48.3 Å². The van der Waals surface area contributed by atoms with Crippen LogP contribution in [0.4, 0.5) is 5.69 Å². The molecule has 0 radical (unpaired) electrons. The number of anilines is 1. The molecule has 1 atom stereocenters. The first kappa shape index (κ1) is 22.5. The SMILES string of the molecule is COC(=O)c1ccc(N2C(=O)CC(N(CCC3=CCCCC3)C(=O)c3ccco3)C2=O)cc1. The van der Waals surface area contributed by atoms with Crippen LogP contribution in [0.5, 0.6) is 0 Å². The Morgan fingerprint density at radius 1 is 1.15 bits per heavy atom. The molecule has 0 N–H and O–H groups in total. The van der Waals surface area contributed by atoms with Crippen LogP contribution in [0.2, 0.25) is 0 Å². The topological polar surface area (TPSA) is 97.1 Å². The molecule has 1 aliphatic heterocycles. The van der Waals surface area contributed by atoms with Crippen LogP contribution < -0.4 is 4.90 Å². The van der Waals surface area contributed by atoms with Gasteiger partial charge in [-0.2, -0.15) is 0 Å². The Bertz CT molecular complexity index is 1070. The summed E-state index contributed by atoms with van der Waals surface area (Å²) in [5.41, 5.74) is 1.93. The van der Waals surface area contributed by atoms with E-state index < -0.39 is 29.7 Å². The lowest BCUT2D eigenvalue weighted by atomic mass is 9.97. The minimum Gasteiger partial charge on any atom is -0.465 e. The number of hydrogen-bond acceptors (Lipinski definition) is 6. The Labute approximate surface area is 191 Å². The summed E-state index contributed by atoms with van der Waals surface area (Å²) in [5.74, 6) is -1.65. The fraction of sp³-hybridized carbons (Fsp3) is 0.360. The Hall–Kier alpha value is -3.68. The summed E-state index contributed by atoms with van der Waals surface area (Å²) in [7, 11) is 1.28. The van der Waals surface area contributed by atoms with Crippen LogP contribution >= 0.6 is 0 Å². The van der Waals surface area contributed by atoms with Gasteiger partial charge in [0.15, 0.2) is 5.76 Å². The second kappa shape index (κ2) is 9.85. The molecule has 1 saturated heterocycles. The molecular weight excluding hydrogens is 424 g/mol. The van der Waals surface area contributed by atoms with Crippen molar-refractivity contribution in [2.45, 2.75) is 44.6 Å². The number of esters is 1. The molecule has 8 nitrogen and oxygen atoms in total. The third-order valence-electron chi connectivity index (χ3n) is 6.10. The predicted octanol–water partition coefficient (Wildman–Crippen LogP) is 3.73. The molecule has 1 fully saturated rings. The van der Waals surface area contributed by atoms with Gasteiger partial charge in [-0.1, -0.05) is 11.6 Å². The summed E-state index contributed by atoms with van der Waals surface area (Å²) < 4.78 is 9.97.